The highest BCUT2D eigenvalue weighted by Crippen LogP contribution is 2.28. The number of hydrogen-bond acceptors (Lipinski definition) is 3. The van der Waals surface area contributed by atoms with E-state index in [1.165, 1.54) is 18.4 Å². The molecule has 2 rings (SSSR count). The molecule has 8 heteroatoms. The van der Waals surface area contributed by atoms with Crippen LogP contribution in [0.4, 0.5) is 0 Å². The molecule has 0 spiro atoms. The number of likely N-dealkylation sites (tertiary alicyclic amines) is 1. The zero-order chi connectivity index (χ0) is 18.0. The van der Waals surface area contributed by atoms with Crippen molar-refractivity contribution in [3.63, 3.8) is 0 Å². The molecule has 6 nitrogen and oxygen atoms in total. The fraction of sp³-hybridized carbons (Fsp3) is 0.588. The maximum atomic E-state index is 12.1. The van der Waals surface area contributed by atoms with E-state index >= 15 is 0 Å². The van der Waals surface area contributed by atoms with Gasteiger partial charge in [0.1, 0.15) is 0 Å². The molecule has 1 aliphatic rings. The van der Waals surface area contributed by atoms with Gasteiger partial charge in [0.2, 0.25) is 10.0 Å². The Morgan fingerprint density at radius 1 is 1.28 bits per heavy atom. The lowest BCUT2D eigenvalue weighted by molar-refractivity contribution is 0.370. The summed E-state index contributed by atoms with van der Waals surface area (Å²) in [5.74, 6) is 0.894. The van der Waals surface area contributed by atoms with E-state index in [1.54, 1.807) is 19.2 Å². The van der Waals surface area contributed by atoms with Crippen LogP contribution in [-0.4, -0.2) is 57.8 Å². The van der Waals surface area contributed by atoms with Crippen molar-refractivity contribution in [3.8, 4) is 0 Å². The van der Waals surface area contributed by atoms with Crippen LogP contribution in [0.3, 0.4) is 0 Å². The van der Waals surface area contributed by atoms with Crippen LogP contribution in [0.1, 0.15) is 25.8 Å². The maximum Gasteiger partial charge on any atom is 0.242 e. The topological polar surface area (TPSA) is 65.0 Å². The van der Waals surface area contributed by atoms with Crippen molar-refractivity contribution in [2.75, 3.05) is 34.2 Å². The standard InChI is InChI=1S/C17H28N4O2S.HI/c1-17(2)10-11-21(13-17)16(18-3)19-12-14-6-8-15(9-7-14)24(22,23)20(4)5;/h6-9H,10-13H2,1-5H3,(H,18,19);1H. The molecule has 1 N–H and O–H groups in total. The van der Waals surface area contributed by atoms with Gasteiger partial charge in [-0.3, -0.25) is 4.99 Å². The summed E-state index contributed by atoms with van der Waals surface area (Å²) in [7, 11) is 1.49. The molecule has 1 saturated heterocycles. The van der Waals surface area contributed by atoms with Gasteiger partial charge in [0.25, 0.3) is 0 Å². The molecule has 0 atom stereocenters. The molecule has 0 bridgehead atoms. The molecule has 0 saturated carbocycles. The van der Waals surface area contributed by atoms with Crippen LogP contribution in [-0.2, 0) is 16.6 Å². The van der Waals surface area contributed by atoms with Crippen molar-refractivity contribution in [1.82, 2.24) is 14.5 Å². The summed E-state index contributed by atoms with van der Waals surface area (Å²) in [6.45, 7) is 7.15. The van der Waals surface area contributed by atoms with E-state index in [0.29, 0.717) is 16.9 Å². The summed E-state index contributed by atoms with van der Waals surface area (Å²) < 4.78 is 25.4. The predicted molar refractivity (Wildman–Crippen MR) is 113 cm³/mol. The van der Waals surface area contributed by atoms with Crippen molar-refractivity contribution in [2.24, 2.45) is 10.4 Å². The molecule has 1 heterocycles. The Morgan fingerprint density at radius 2 is 1.88 bits per heavy atom. The van der Waals surface area contributed by atoms with Gasteiger partial charge in [-0.2, -0.15) is 0 Å². The summed E-state index contributed by atoms with van der Waals surface area (Å²) in [5.41, 5.74) is 1.34. The molecule has 1 fully saturated rings. The van der Waals surface area contributed by atoms with Gasteiger partial charge in [-0.1, -0.05) is 26.0 Å². The Hall–Kier alpha value is -0.870. The predicted octanol–water partition coefficient (Wildman–Crippen LogP) is 2.36. The molecule has 1 aromatic rings. The minimum absolute atomic E-state index is 0. The Morgan fingerprint density at radius 3 is 2.32 bits per heavy atom. The Bertz CT molecular complexity index is 700. The lowest BCUT2D eigenvalue weighted by atomic mass is 9.93. The van der Waals surface area contributed by atoms with Gasteiger partial charge in [0, 0.05) is 40.8 Å². The smallest absolute Gasteiger partial charge is 0.242 e. The first-order valence-corrected chi connectivity index (χ1v) is 9.57. The molecule has 142 valence electrons. The van der Waals surface area contributed by atoms with Gasteiger partial charge < -0.3 is 10.2 Å². The summed E-state index contributed by atoms with van der Waals surface area (Å²) >= 11 is 0. The number of guanidine groups is 1. The van der Waals surface area contributed by atoms with E-state index in [4.69, 9.17) is 0 Å². The Balaban J connectivity index is 0.00000312. The molecule has 0 aromatic heterocycles. The molecule has 1 aromatic carbocycles. The van der Waals surface area contributed by atoms with E-state index in [2.05, 4.69) is 29.1 Å². The van der Waals surface area contributed by atoms with Crippen LogP contribution in [0.15, 0.2) is 34.2 Å². The second-order valence-electron chi connectivity index (χ2n) is 7.17. The van der Waals surface area contributed by atoms with Gasteiger partial charge in [0.05, 0.1) is 4.90 Å². The lowest BCUT2D eigenvalue weighted by Crippen LogP contribution is -2.40. The van der Waals surface area contributed by atoms with Crippen molar-refractivity contribution in [3.05, 3.63) is 29.8 Å². The molecule has 0 unspecified atom stereocenters. The molecule has 0 amide bonds. The summed E-state index contributed by atoms with van der Waals surface area (Å²) in [5, 5.41) is 3.36. The second kappa shape index (κ2) is 8.68. The molecule has 0 aliphatic carbocycles. The quantitative estimate of drug-likeness (QED) is 0.409. The highest BCUT2D eigenvalue weighted by molar-refractivity contribution is 14.0. The molecule has 25 heavy (non-hydrogen) atoms. The third-order valence-electron chi connectivity index (χ3n) is 4.34. The van der Waals surface area contributed by atoms with Crippen molar-refractivity contribution in [2.45, 2.75) is 31.7 Å². The van der Waals surface area contributed by atoms with Gasteiger partial charge in [-0.05, 0) is 29.5 Å². The number of nitrogens with one attached hydrogen (secondary N) is 1. The average molecular weight is 480 g/mol. The van der Waals surface area contributed by atoms with Crippen LogP contribution in [0.2, 0.25) is 0 Å². The first-order valence-electron chi connectivity index (χ1n) is 8.13. The summed E-state index contributed by atoms with van der Waals surface area (Å²) in [4.78, 5) is 6.94. The third kappa shape index (κ3) is 5.55. The van der Waals surface area contributed by atoms with Crippen molar-refractivity contribution < 1.29 is 8.42 Å². The largest absolute Gasteiger partial charge is 0.352 e. The Kier molecular flexibility index (Phi) is 7.70. The lowest BCUT2D eigenvalue weighted by Gasteiger charge is -2.23. The number of hydrogen-bond donors (Lipinski definition) is 1. The second-order valence-corrected chi connectivity index (χ2v) is 9.32. The van der Waals surface area contributed by atoms with Gasteiger partial charge in [0.15, 0.2) is 5.96 Å². The number of aliphatic imine (C=N–C) groups is 1. The van der Waals surface area contributed by atoms with Crippen LogP contribution >= 0.6 is 24.0 Å². The fourth-order valence-electron chi connectivity index (χ4n) is 2.80. The molecule has 1 aliphatic heterocycles. The summed E-state index contributed by atoms with van der Waals surface area (Å²) in [6, 6.07) is 6.97. The van der Waals surface area contributed by atoms with E-state index in [-0.39, 0.29) is 24.0 Å². The fourth-order valence-corrected chi connectivity index (χ4v) is 3.70. The zero-order valence-corrected chi connectivity index (χ0v) is 18.8. The first-order chi connectivity index (χ1) is 11.2. The highest BCUT2D eigenvalue weighted by Gasteiger charge is 2.30. The van der Waals surface area contributed by atoms with E-state index < -0.39 is 10.0 Å². The number of benzene rings is 1. The van der Waals surface area contributed by atoms with E-state index in [9.17, 15) is 8.42 Å². The van der Waals surface area contributed by atoms with Gasteiger partial charge in [-0.25, -0.2) is 12.7 Å². The number of nitrogens with zero attached hydrogens (tertiary/aromatic N) is 3. The zero-order valence-electron chi connectivity index (χ0n) is 15.6. The van der Waals surface area contributed by atoms with Crippen LogP contribution < -0.4 is 5.32 Å². The van der Waals surface area contributed by atoms with Gasteiger partial charge in [-0.15, -0.1) is 24.0 Å². The highest BCUT2D eigenvalue weighted by atomic mass is 127. The summed E-state index contributed by atoms with van der Waals surface area (Å²) in [6.07, 6.45) is 1.16. The number of rotatable bonds is 4. The third-order valence-corrected chi connectivity index (χ3v) is 6.17. The SMILES string of the molecule is CN=C(NCc1ccc(S(=O)(=O)N(C)C)cc1)N1CCC(C)(C)C1.I. The number of halogens is 1. The minimum atomic E-state index is -3.37. The first kappa shape index (κ1) is 22.2. The minimum Gasteiger partial charge on any atom is -0.352 e. The van der Waals surface area contributed by atoms with Crippen molar-refractivity contribution >= 4 is 40.0 Å². The monoisotopic (exact) mass is 480 g/mol. The Labute approximate surface area is 168 Å². The number of sulfonamides is 1. The van der Waals surface area contributed by atoms with E-state index in [0.717, 1.165) is 31.0 Å². The normalized spacial score (nSPS) is 17.5. The maximum absolute atomic E-state index is 12.1. The molecule has 0 radical (unpaired) electrons. The van der Waals surface area contributed by atoms with Crippen molar-refractivity contribution in [1.29, 1.82) is 0 Å². The molecular formula is C17H29IN4O2S. The van der Waals surface area contributed by atoms with Crippen LogP contribution in [0, 0.1) is 5.41 Å². The average Bonchev–Trinajstić information content (AvgIpc) is 2.88. The van der Waals surface area contributed by atoms with Crippen LogP contribution in [0.5, 0.6) is 0 Å². The van der Waals surface area contributed by atoms with Crippen LogP contribution in [0.25, 0.3) is 0 Å². The molecular weight excluding hydrogens is 451 g/mol. The van der Waals surface area contributed by atoms with E-state index in [1.807, 2.05) is 12.1 Å². The van der Waals surface area contributed by atoms with Gasteiger partial charge >= 0.3 is 0 Å².